The molecule has 0 aliphatic heterocycles. The molecule has 0 aromatic carbocycles. The van der Waals surface area contributed by atoms with E-state index >= 15 is 0 Å². The second-order valence-electron chi connectivity index (χ2n) is 4.70. The van der Waals surface area contributed by atoms with E-state index in [1.54, 1.807) is 0 Å². The first-order valence-corrected chi connectivity index (χ1v) is 9.07. The highest BCUT2D eigenvalue weighted by molar-refractivity contribution is 7.54. The number of hydrogen-bond donors (Lipinski definition) is 0. The fraction of sp³-hybridized carbons (Fsp3) is 1.00. The van der Waals surface area contributed by atoms with Crippen LogP contribution in [0.1, 0.15) is 66.7 Å². The molecule has 0 spiro atoms. The highest BCUT2D eigenvalue weighted by Crippen LogP contribution is 2.55. The first-order chi connectivity index (χ1) is 8.57. The van der Waals surface area contributed by atoms with Crippen LogP contribution in [0.5, 0.6) is 0 Å². The molecule has 0 N–H and O–H groups in total. The zero-order valence-electron chi connectivity index (χ0n) is 12.8. The Kier molecular flexibility index (Phi) is 10.1. The monoisotopic (exact) mass is 278 g/mol. The van der Waals surface area contributed by atoms with E-state index in [0.29, 0.717) is 13.2 Å². The lowest BCUT2D eigenvalue weighted by Gasteiger charge is -2.26. The van der Waals surface area contributed by atoms with Crippen LogP contribution >= 0.6 is 7.60 Å². The van der Waals surface area contributed by atoms with Gasteiger partial charge >= 0.3 is 7.60 Å². The van der Waals surface area contributed by atoms with Crippen molar-refractivity contribution < 1.29 is 13.6 Å². The quantitative estimate of drug-likeness (QED) is 0.484. The van der Waals surface area contributed by atoms with Gasteiger partial charge in [0.05, 0.1) is 18.9 Å². The van der Waals surface area contributed by atoms with Crippen molar-refractivity contribution in [1.29, 1.82) is 0 Å². The molecule has 0 heterocycles. The standard InChI is InChI=1S/C14H31O3P/c1-6-13(7-2)11-12-14(8-3)18(15,16-9-4)17-10-5/h13-14H,6-12H2,1-5H3. The molecule has 3 nitrogen and oxygen atoms in total. The second kappa shape index (κ2) is 10.00. The summed E-state index contributed by atoms with van der Waals surface area (Å²) < 4.78 is 23.6. The maximum atomic E-state index is 12.7. The van der Waals surface area contributed by atoms with Gasteiger partial charge in [0, 0.05) is 0 Å². The summed E-state index contributed by atoms with van der Waals surface area (Å²) in [5, 5.41) is 0. The fourth-order valence-electron chi connectivity index (χ4n) is 2.32. The number of hydrogen-bond acceptors (Lipinski definition) is 3. The van der Waals surface area contributed by atoms with Gasteiger partial charge in [-0.1, -0.05) is 33.6 Å². The molecule has 0 rings (SSSR count). The van der Waals surface area contributed by atoms with E-state index in [1.807, 2.05) is 13.8 Å². The Morgan fingerprint density at radius 2 is 1.33 bits per heavy atom. The fourth-order valence-corrected chi connectivity index (χ4v) is 4.45. The average molecular weight is 278 g/mol. The second-order valence-corrected chi connectivity index (χ2v) is 7.02. The van der Waals surface area contributed by atoms with Crippen LogP contribution in [0.3, 0.4) is 0 Å². The Hall–Kier alpha value is 0.150. The summed E-state index contributed by atoms with van der Waals surface area (Å²) in [7, 11) is -2.91. The van der Waals surface area contributed by atoms with Crippen molar-refractivity contribution in [1.82, 2.24) is 0 Å². The minimum atomic E-state index is -2.91. The molecule has 0 saturated carbocycles. The summed E-state index contributed by atoms with van der Waals surface area (Å²) in [5.41, 5.74) is 0.0537. The van der Waals surface area contributed by atoms with Crippen molar-refractivity contribution in [3.8, 4) is 0 Å². The molecule has 110 valence electrons. The van der Waals surface area contributed by atoms with Crippen molar-refractivity contribution >= 4 is 7.60 Å². The van der Waals surface area contributed by atoms with Gasteiger partial charge in [-0.2, -0.15) is 0 Å². The highest BCUT2D eigenvalue weighted by Gasteiger charge is 2.33. The lowest BCUT2D eigenvalue weighted by Crippen LogP contribution is -2.14. The Morgan fingerprint density at radius 3 is 1.67 bits per heavy atom. The van der Waals surface area contributed by atoms with Crippen molar-refractivity contribution in [2.75, 3.05) is 13.2 Å². The van der Waals surface area contributed by atoms with Crippen LogP contribution in [-0.4, -0.2) is 18.9 Å². The van der Waals surface area contributed by atoms with Crippen LogP contribution in [0, 0.1) is 5.92 Å². The Balaban J connectivity index is 4.55. The highest BCUT2D eigenvalue weighted by atomic mass is 31.2. The van der Waals surface area contributed by atoms with E-state index in [9.17, 15) is 4.57 Å². The van der Waals surface area contributed by atoms with E-state index in [1.165, 1.54) is 12.8 Å². The van der Waals surface area contributed by atoms with Crippen molar-refractivity contribution in [3.05, 3.63) is 0 Å². The predicted molar refractivity (Wildman–Crippen MR) is 78.2 cm³/mol. The van der Waals surface area contributed by atoms with Gasteiger partial charge in [0.2, 0.25) is 0 Å². The minimum Gasteiger partial charge on any atom is -0.309 e. The molecule has 0 radical (unpaired) electrons. The van der Waals surface area contributed by atoms with E-state index < -0.39 is 7.60 Å². The smallest absolute Gasteiger partial charge is 0.309 e. The molecule has 0 aliphatic carbocycles. The lowest BCUT2D eigenvalue weighted by atomic mass is 9.96. The maximum absolute atomic E-state index is 12.7. The van der Waals surface area contributed by atoms with Crippen molar-refractivity contribution in [2.45, 2.75) is 72.4 Å². The Morgan fingerprint density at radius 1 is 0.833 bits per heavy atom. The van der Waals surface area contributed by atoms with Gasteiger partial charge in [0.1, 0.15) is 0 Å². The molecule has 18 heavy (non-hydrogen) atoms. The van der Waals surface area contributed by atoms with Gasteiger partial charge in [-0.25, -0.2) is 0 Å². The van der Waals surface area contributed by atoms with E-state index in [-0.39, 0.29) is 5.66 Å². The summed E-state index contributed by atoms with van der Waals surface area (Å²) in [5.74, 6) is 0.732. The summed E-state index contributed by atoms with van der Waals surface area (Å²) >= 11 is 0. The van der Waals surface area contributed by atoms with Gasteiger partial charge in [0.25, 0.3) is 0 Å². The van der Waals surface area contributed by atoms with Crippen LogP contribution in [-0.2, 0) is 13.6 Å². The molecule has 1 unspecified atom stereocenters. The first-order valence-electron chi connectivity index (χ1n) is 7.46. The van der Waals surface area contributed by atoms with Crippen LogP contribution in [0.2, 0.25) is 0 Å². The Bertz CT molecular complexity index is 229. The molecule has 4 heteroatoms. The average Bonchev–Trinajstić information content (AvgIpc) is 2.35. The molecular formula is C14H31O3P. The predicted octanol–water partition coefficient (Wildman–Crippen LogP) is 5.25. The molecule has 0 aromatic heterocycles. The van der Waals surface area contributed by atoms with Gasteiger partial charge in [-0.3, -0.25) is 4.57 Å². The van der Waals surface area contributed by atoms with Gasteiger partial charge in [0.15, 0.2) is 0 Å². The topological polar surface area (TPSA) is 35.5 Å². The summed E-state index contributed by atoms with van der Waals surface area (Å²) in [6.45, 7) is 11.2. The third-order valence-electron chi connectivity index (χ3n) is 3.60. The van der Waals surface area contributed by atoms with E-state index in [4.69, 9.17) is 9.05 Å². The normalized spacial score (nSPS) is 14.1. The molecule has 0 aromatic rings. The summed E-state index contributed by atoms with van der Waals surface area (Å²) in [6.07, 6.45) is 5.31. The third-order valence-corrected chi connectivity index (χ3v) is 6.35. The molecule has 0 saturated heterocycles. The van der Waals surface area contributed by atoms with Crippen molar-refractivity contribution in [2.24, 2.45) is 5.92 Å². The van der Waals surface area contributed by atoms with Crippen LogP contribution in [0.15, 0.2) is 0 Å². The lowest BCUT2D eigenvalue weighted by molar-refractivity contribution is 0.208. The van der Waals surface area contributed by atoms with Gasteiger partial charge in [-0.05, 0) is 39.0 Å². The van der Waals surface area contributed by atoms with Crippen LogP contribution < -0.4 is 0 Å². The zero-order chi connectivity index (χ0) is 14.0. The summed E-state index contributed by atoms with van der Waals surface area (Å²) in [6, 6.07) is 0. The summed E-state index contributed by atoms with van der Waals surface area (Å²) in [4.78, 5) is 0. The molecular weight excluding hydrogens is 247 g/mol. The van der Waals surface area contributed by atoms with Crippen LogP contribution in [0.25, 0.3) is 0 Å². The molecule has 0 aliphatic rings. The maximum Gasteiger partial charge on any atom is 0.333 e. The molecule has 0 amide bonds. The first kappa shape index (κ1) is 18.1. The van der Waals surface area contributed by atoms with E-state index in [2.05, 4.69) is 20.8 Å². The van der Waals surface area contributed by atoms with Crippen molar-refractivity contribution in [3.63, 3.8) is 0 Å². The molecule has 0 fully saturated rings. The minimum absolute atomic E-state index is 0.0537. The molecule has 0 bridgehead atoms. The van der Waals surface area contributed by atoms with E-state index in [0.717, 1.165) is 25.2 Å². The Labute approximate surface area is 113 Å². The van der Waals surface area contributed by atoms with Gasteiger partial charge in [-0.15, -0.1) is 0 Å². The molecule has 1 atom stereocenters. The largest absolute Gasteiger partial charge is 0.333 e. The SMILES string of the molecule is CCOP(=O)(OCC)C(CC)CCC(CC)CC. The van der Waals surface area contributed by atoms with Gasteiger partial charge < -0.3 is 9.05 Å². The zero-order valence-corrected chi connectivity index (χ0v) is 13.7. The van der Waals surface area contributed by atoms with Crippen LogP contribution in [0.4, 0.5) is 0 Å². The third kappa shape index (κ3) is 5.86. The number of rotatable bonds is 11.